The van der Waals surface area contributed by atoms with Gasteiger partial charge in [-0.05, 0) is 44.4 Å². The Labute approximate surface area is 158 Å². The Hall–Kier alpha value is -1.84. The van der Waals surface area contributed by atoms with E-state index in [4.69, 9.17) is 4.42 Å². The van der Waals surface area contributed by atoms with Crippen molar-refractivity contribution in [1.29, 1.82) is 0 Å². The van der Waals surface area contributed by atoms with Gasteiger partial charge in [0, 0.05) is 6.54 Å². The highest BCUT2D eigenvalue weighted by Gasteiger charge is 2.21. The molecule has 144 valence electrons. The monoisotopic (exact) mass is 399 g/mol. The number of aliphatic imine (C=N–C) groups is 1. The molecule has 0 fully saturated rings. The van der Waals surface area contributed by atoms with Crippen LogP contribution in [0.15, 0.2) is 43.3 Å². The number of guanidine groups is 1. The van der Waals surface area contributed by atoms with Gasteiger partial charge in [0.15, 0.2) is 15.8 Å². The number of aryl methyl sites for hydroxylation is 1. The molecule has 0 aliphatic rings. The van der Waals surface area contributed by atoms with Crippen LogP contribution in [-0.4, -0.2) is 44.4 Å². The summed E-state index contributed by atoms with van der Waals surface area (Å²) in [6.07, 6.45) is -1.08. The van der Waals surface area contributed by atoms with Gasteiger partial charge in [0.05, 0.1) is 24.4 Å². The molecule has 3 N–H and O–H groups in total. The molecule has 2 aromatic rings. The van der Waals surface area contributed by atoms with Gasteiger partial charge < -0.3 is 20.2 Å². The largest absolute Gasteiger partial charge is 0.464 e. The lowest BCUT2D eigenvalue weighted by molar-refractivity contribution is 0.206. The maximum Gasteiger partial charge on any atom is 0.191 e. The Bertz CT molecular complexity index is 813. The highest BCUT2D eigenvalue weighted by molar-refractivity contribution is 7.93. The first-order chi connectivity index (χ1) is 12.3. The average molecular weight is 400 g/mol. The van der Waals surface area contributed by atoms with Gasteiger partial charge in [-0.1, -0.05) is 6.07 Å². The van der Waals surface area contributed by atoms with Crippen LogP contribution < -0.4 is 10.6 Å². The topological polar surface area (TPSA) is 104 Å². The van der Waals surface area contributed by atoms with Crippen LogP contribution in [0.5, 0.6) is 0 Å². The average Bonchev–Trinajstić information content (AvgIpc) is 3.24. The van der Waals surface area contributed by atoms with Crippen molar-refractivity contribution in [3.8, 4) is 0 Å². The molecule has 2 atom stereocenters. The Kier molecular flexibility index (Phi) is 7.24. The van der Waals surface area contributed by atoms with Crippen molar-refractivity contribution in [3.63, 3.8) is 0 Å². The van der Waals surface area contributed by atoms with Crippen molar-refractivity contribution in [2.75, 3.05) is 18.8 Å². The molecule has 2 rings (SSSR count). The van der Waals surface area contributed by atoms with Gasteiger partial charge in [0.1, 0.15) is 15.7 Å². The maximum atomic E-state index is 12.2. The molecule has 0 aliphatic heterocycles. The summed E-state index contributed by atoms with van der Waals surface area (Å²) in [5, 5.41) is 18.1. The molecular weight excluding hydrogens is 374 g/mol. The molecule has 0 spiro atoms. The lowest BCUT2D eigenvalue weighted by Crippen LogP contribution is -2.39. The van der Waals surface area contributed by atoms with Crippen LogP contribution in [0.1, 0.15) is 31.4 Å². The van der Waals surface area contributed by atoms with Gasteiger partial charge in [-0.3, -0.25) is 4.99 Å². The number of nitrogens with zero attached hydrogens (tertiary/aromatic N) is 1. The number of hydrogen-bond donors (Lipinski definition) is 3. The summed E-state index contributed by atoms with van der Waals surface area (Å²) in [5.74, 6) is 1.73. The number of rotatable bonds is 8. The first-order valence-corrected chi connectivity index (χ1v) is 10.9. The van der Waals surface area contributed by atoms with Crippen molar-refractivity contribution < 1.29 is 17.9 Å². The van der Waals surface area contributed by atoms with Crippen LogP contribution in [0.4, 0.5) is 0 Å². The van der Waals surface area contributed by atoms with E-state index < -0.39 is 15.9 Å². The smallest absolute Gasteiger partial charge is 0.191 e. The molecule has 0 radical (unpaired) electrons. The van der Waals surface area contributed by atoms with E-state index in [9.17, 15) is 13.5 Å². The van der Waals surface area contributed by atoms with E-state index in [1.807, 2.05) is 32.9 Å². The van der Waals surface area contributed by atoms with Gasteiger partial charge in [0.25, 0.3) is 0 Å². The highest BCUT2D eigenvalue weighted by Crippen LogP contribution is 2.18. The Morgan fingerprint density at radius 3 is 2.73 bits per heavy atom. The van der Waals surface area contributed by atoms with Crippen molar-refractivity contribution in [3.05, 3.63) is 41.2 Å². The number of hydrogen-bond acceptors (Lipinski definition) is 6. The molecular formula is C17H25N3O4S2. The third-order valence-corrected chi connectivity index (χ3v) is 6.84. The molecule has 26 heavy (non-hydrogen) atoms. The van der Waals surface area contributed by atoms with Crippen molar-refractivity contribution >= 4 is 27.1 Å². The van der Waals surface area contributed by atoms with Gasteiger partial charge in [-0.15, -0.1) is 11.3 Å². The van der Waals surface area contributed by atoms with Crippen molar-refractivity contribution in [2.24, 2.45) is 4.99 Å². The number of furan rings is 1. The maximum absolute atomic E-state index is 12.2. The summed E-state index contributed by atoms with van der Waals surface area (Å²) in [5.41, 5.74) is 0. The molecule has 0 amide bonds. The fourth-order valence-corrected chi connectivity index (χ4v) is 4.78. The van der Waals surface area contributed by atoms with Crippen LogP contribution in [0, 0.1) is 6.92 Å². The fraction of sp³-hybridized carbons (Fsp3) is 0.471. The van der Waals surface area contributed by atoms with E-state index in [1.54, 1.807) is 11.4 Å². The second-order valence-electron chi connectivity index (χ2n) is 5.90. The van der Waals surface area contributed by atoms with E-state index in [-0.39, 0.29) is 22.5 Å². The third kappa shape index (κ3) is 5.86. The van der Waals surface area contributed by atoms with Crippen LogP contribution in [0.3, 0.4) is 0 Å². The quantitative estimate of drug-likeness (QED) is 0.464. The molecule has 7 nitrogen and oxygen atoms in total. The van der Waals surface area contributed by atoms with E-state index in [0.717, 1.165) is 22.9 Å². The summed E-state index contributed by atoms with van der Waals surface area (Å²) < 4.78 is 30.2. The van der Waals surface area contributed by atoms with Crippen LogP contribution in [-0.2, 0) is 9.84 Å². The molecule has 0 aliphatic carbocycles. The van der Waals surface area contributed by atoms with Gasteiger partial charge in [-0.2, -0.15) is 0 Å². The molecule has 0 bridgehead atoms. The summed E-state index contributed by atoms with van der Waals surface area (Å²) in [4.78, 5) is 4.29. The Morgan fingerprint density at radius 1 is 1.38 bits per heavy atom. The number of sulfone groups is 1. The lowest BCUT2D eigenvalue weighted by Gasteiger charge is -2.17. The number of aliphatic hydroxyl groups is 1. The zero-order chi connectivity index (χ0) is 19.2. The summed E-state index contributed by atoms with van der Waals surface area (Å²) in [6, 6.07) is 6.87. The molecule has 0 saturated heterocycles. The van der Waals surface area contributed by atoms with E-state index >= 15 is 0 Å². The van der Waals surface area contributed by atoms with Gasteiger partial charge in [-0.25, -0.2) is 8.42 Å². The Morgan fingerprint density at radius 2 is 2.15 bits per heavy atom. The van der Waals surface area contributed by atoms with E-state index in [0.29, 0.717) is 12.5 Å². The molecule has 2 heterocycles. The Balaban J connectivity index is 1.97. The van der Waals surface area contributed by atoms with Gasteiger partial charge in [0.2, 0.25) is 0 Å². The van der Waals surface area contributed by atoms with Crippen LogP contribution in [0.2, 0.25) is 0 Å². The van der Waals surface area contributed by atoms with E-state index in [1.165, 1.54) is 6.07 Å². The first kappa shape index (κ1) is 20.5. The van der Waals surface area contributed by atoms with Crippen LogP contribution in [0.25, 0.3) is 0 Å². The number of thiophene rings is 1. The third-order valence-electron chi connectivity index (χ3n) is 3.56. The fourth-order valence-electron chi connectivity index (χ4n) is 2.31. The predicted molar refractivity (Wildman–Crippen MR) is 103 cm³/mol. The SMILES string of the molecule is CCNC(=NCC(O)CS(=O)(=O)c1cccs1)NC(C)c1ccc(C)o1. The first-order valence-electron chi connectivity index (χ1n) is 8.37. The molecule has 2 unspecified atom stereocenters. The number of nitrogens with one attached hydrogen (secondary N) is 2. The van der Waals surface area contributed by atoms with Gasteiger partial charge >= 0.3 is 0 Å². The van der Waals surface area contributed by atoms with Crippen molar-refractivity contribution in [2.45, 2.75) is 37.1 Å². The minimum atomic E-state index is -3.50. The number of aliphatic hydroxyl groups excluding tert-OH is 1. The zero-order valence-electron chi connectivity index (χ0n) is 15.1. The van der Waals surface area contributed by atoms with E-state index in [2.05, 4.69) is 15.6 Å². The minimum absolute atomic E-state index is 0.0240. The second-order valence-corrected chi connectivity index (χ2v) is 9.11. The molecule has 2 aromatic heterocycles. The summed E-state index contributed by atoms with van der Waals surface area (Å²) in [7, 11) is -3.50. The highest BCUT2D eigenvalue weighted by atomic mass is 32.2. The molecule has 0 aromatic carbocycles. The summed E-state index contributed by atoms with van der Waals surface area (Å²) >= 11 is 1.14. The lowest BCUT2D eigenvalue weighted by atomic mass is 10.2. The minimum Gasteiger partial charge on any atom is -0.464 e. The summed E-state index contributed by atoms with van der Waals surface area (Å²) in [6.45, 7) is 6.35. The standard InChI is InChI=1S/C17H25N3O4S2/c1-4-18-17(20-13(3)15-8-7-12(2)24-15)19-10-14(21)11-26(22,23)16-6-5-9-25-16/h5-9,13-14,21H,4,10-11H2,1-3H3,(H2,18,19,20). The molecule has 9 heteroatoms. The van der Waals surface area contributed by atoms with Crippen molar-refractivity contribution in [1.82, 2.24) is 10.6 Å². The van der Waals surface area contributed by atoms with Crippen LogP contribution >= 0.6 is 11.3 Å². The molecule has 0 saturated carbocycles. The predicted octanol–water partition coefficient (Wildman–Crippen LogP) is 2.10. The normalized spacial score (nSPS) is 14.8. The second kappa shape index (κ2) is 9.20. The zero-order valence-corrected chi connectivity index (χ0v) is 16.7.